The minimum Gasteiger partial charge on any atom is -0.465 e. The van der Waals surface area contributed by atoms with Gasteiger partial charge in [0.25, 0.3) is 5.92 Å². The number of benzene rings is 2. The molecule has 1 unspecified atom stereocenters. The molecule has 0 spiro atoms. The molecular weight excluding hydrogens is 858 g/mol. The summed E-state index contributed by atoms with van der Waals surface area (Å²) in [6.45, 7) is -3.10. The van der Waals surface area contributed by atoms with Gasteiger partial charge in [-0.05, 0) is 54.7 Å². The number of fused-ring (bicyclic) bond motifs is 4. The van der Waals surface area contributed by atoms with Crippen LogP contribution in [0.4, 0.5) is 60.3 Å². The Bertz CT molecular complexity index is 2650. The molecule has 2 aromatic carbocycles. The lowest BCUT2D eigenvalue weighted by molar-refractivity contribution is -0.142. The number of carbonyl (C=O) groups excluding carboxylic acids is 1. The van der Waals surface area contributed by atoms with Crippen LogP contribution in [0.2, 0.25) is 5.02 Å². The normalized spacial score (nSPS) is 17.7. The lowest BCUT2D eigenvalue weighted by Gasteiger charge is -2.23. The maximum Gasteiger partial charge on any atom is 0.435 e. The molecule has 0 saturated heterocycles. The first-order valence-corrected chi connectivity index (χ1v) is 19.1. The highest BCUT2D eigenvalue weighted by Crippen LogP contribution is 2.68. The molecule has 7 rings (SSSR count). The minimum absolute atomic E-state index is 0.198. The van der Waals surface area contributed by atoms with Crippen LogP contribution in [0.5, 0.6) is 0 Å². The number of anilines is 2. The molecule has 2 aliphatic carbocycles. The van der Waals surface area contributed by atoms with Crippen molar-refractivity contribution < 1.29 is 67.0 Å². The molecule has 1 fully saturated rings. The number of carbonyl (C=O) groups is 2. The van der Waals surface area contributed by atoms with Crippen LogP contribution in [0.15, 0.2) is 42.5 Å². The molecule has 3 atom stereocenters. The fourth-order valence-corrected chi connectivity index (χ4v) is 8.06. The van der Waals surface area contributed by atoms with E-state index < -0.39 is 129 Å². The number of hydrogen-bond donors (Lipinski definition) is 4. The quantitative estimate of drug-likeness (QED) is 0.0984. The molecule has 2 aliphatic rings. The number of sulfonamides is 1. The van der Waals surface area contributed by atoms with Crippen LogP contribution in [-0.2, 0) is 46.4 Å². The SMILES string of the molecule is CS(=O)(=O)Nc1nn(CC(F)(F)F)c2c(-c3ccc(NC(=O)O)nc3C(Cc3cc(F)cc(F)c3)NC(=O)Cn3nc(C(F)(F)F)c4c3C(F)(F)[C@@H]3C[C@H]43)ccc(Cl)c12. The van der Waals surface area contributed by atoms with E-state index in [1.807, 2.05) is 10.0 Å². The summed E-state index contributed by atoms with van der Waals surface area (Å²) < 4.78 is 170. The third-order valence-corrected chi connectivity index (χ3v) is 10.3. The largest absolute Gasteiger partial charge is 0.465 e. The number of amides is 2. The van der Waals surface area contributed by atoms with Crippen molar-refractivity contribution in [3.05, 3.63) is 87.3 Å². The van der Waals surface area contributed by atoms with Crippen molar-refractivity contribution in [1.29, 1.82) is 0 Å². The van der Waals surface area contributed by atoms with Gasteiger partial charge in [0.1, 0.15) is 36.2 Å². The topological polar surface area (TPSA) is 173 Å². The van der Waals surface area contributed by atoms with E-state index in [9.17, 15) is 58.2 Å². The van der Waals surface area contributed by atoms with Crippen molar-refractivity contribution in [2.24, 2.45) is 5.92 Å². The summed E-state index contributed by atoms with van der Waals surface area (Å²) >= 11 is 6.38. The van der Waals surface area contributed by atoms with Crippen molar-refractivity contribution in [2.45, 2.75) is 56.2 Å². The third-order valence-electron chi connectivity index (χ3n) is 9.42. The summed E-state index contributed by atoms with van der Waals surface area (Å²) in [4.78, 5) is 29.7. The van der Waals surface area contributed by atoms with Crippen LogP contribution in [0.1, 0.15) is 46.6 Å². The summed E-state index contributed by atoms with van der Waals surface area (Å²) in [5.41, 5.74) is -5.14. The number of nitrogens with zero attached hydrogens (tertiary/aromatic N) is 5. The van der Waals surface area contributed by atoms with Gasteiger partial charge in [-0.1, -0.05) is 17.7 Å². The second-order valence-corrected chi connectivity index (χ2v) is 16.0. The molecule has 5 aromatic rings. The first kappa shape index (κ1) is 41.5. The van der Waals surface area contributed by atoms with Crippen molar-refractivity contribution in [1.82, 2.24) is 29.9 Å². The number of alkyl halides is 8. The summed E-state index contributed by atoms with van der Waals surface area (Å²) in [6, 6.07) is 4.81. The van der Waals surface area contributed by atoms with Crippen LogP contribution in [0.3, 0.4) is 0 Å². The van der Waals surface area contributed by atoms with E-state index in [0.717, 1.165) is 36.4 Å². The van der Waals surface area contributed by atoms with Crippen molar-refractivity contribution in [2.75, 3.05) is 16.3 Å². The monoisotopic (exact) mass is 882 g/mol. The number of pyridine rings is 1. The summed E-state index contributed by atoms with van der Waals surface area (Å²) in [5.74, 6) is -11.1. The standard InChI is InChI=1S/C34H25ClF10N8O5S/c1-59(57,58)51-30-25-20(35)4-2-17(27(25)53(50-30)12-32(38,39)40)16-3-5-22(48-31(55)56)47-26(16)21(8-13-6-14(36)9-15(37)7-13)46-23(54)11-52-29-24(28(49-52)34(43,44)45)18-10-19(18)33(29,41)42/h2-7,9,18-19,21H,8,10-12H2,1H3,(H,46,54)(H,47,48)(H,50,51)(H,55,56)/t18-,19+,21?/m0/s1. The van der Waals surface area contributed by atoms with E-state index >= 15 is 8.78 Å². The Morgan fingerprint density at radius 3 is 2.27 bits per heavy atom. The van der Waals surface area contributed by atoms with E-state index in [4.69, 9.17) is 11.6 Å². The molecule has 25 heteroatoms. The number of halogens is 11. The average Bonchev–Trinajstić information content (AvgIpc) is 3.60. The average molecular weight is 883 g/mol. The summed E-state index contributed by atoms with van der Waals surface area (Å²) in [5, 5.41) is 20.2. The number of carboxylic acid groups (broad SMARTS) is 1. The zero-order valence-electron chi connectivity index (χ0n) is 29.5. The van der Waals surface area contributed by atoms with Gasteiger partial charge >= 0.3 is 18.4 Å². The number of aromatic nitrogens is 5. The van der Waals surface area contributed by atoms with Gasteiger partial charge in [0.2, 0.25) is 15.9 Å². The van der Waals surface area contributed by atoms with Crippen LogP contribution in [0.25, 0.3) is 22.0 Å². The Hall–Kier alpha value is -5.65. The van der Waals surface area contributed by atoms with E-state index in [1.54, 1.807) is 0 Å². The van der Waals surface area contributed by atoms with Crippen LogP contribution < -0.4 is 15.4 Å². The van der Waals surface area contributed by atoms with Gasteiger partial charge in [-0.2, -0.15) is 45.3 Å². The minimum atomic E-state index is -5.18. The second-order valence-electron chi connectivity index (χ2n) is 13.8. The Morgan fingerprint density at radius 2 is 1.66 bits per heavy atom. The van der Waals surface area contributed by atoms with Crippen LogP contribution >= 0.6 is 11.6 Å². The second kappa shape index (κ2) is 14.3. The molecule has 3 aromatic heterocycles. The van der Waals surface area contributed by atoms with Crippen molar-refractivity contribution >= 4 is 56.2 Å². The summed E-state index contributed by atoms with van der Waals surface area (Å²) in [7, 11) is -4.20. The predicted molar refractivity (Wildman–Crippen MR) is 187 cm³/mol. The zero-order chi connectivity index (χ0) is 43.1. The van der Waals surface area contributed by atoms with Crippen LogP contribution in [0, 0.1) is 17.6 Å². The predicted octanol–water partition coefficient (Wildman–Crippen LogP) is 7.58. The van der Waals surface area contributed by atoms with Gasteiger partial charge < -0.3 is 10.4 Å². The van der Waals surface area contributed by atoms with E-state index in [-0.39, 0.29) is 38.2 Å². The van der Waals surface area contributed by atoms with Gasteiger partial charge in [-0.15, -0.1) is 0 Å². The third kappa shape index (κ3) is 8.31. The maximum atomic E-state index is 15.3. The molecule has 59 heavy (non-hydrogen) atoms. The maximum absolute atomic E-state index is 15.3. The number of rotatable bonds is 11. The highest BCUT2D eigenvalue weighted by Gasteiger charge is 2.68. The fourth-order valence-electron chi connectivity index (χ4n) is 7.33. The van der Waals surface area contributed by atoms with E-state index in [2.05, 4.69) is 20.5 Å². The van der Waals surface area contributed by atoms with Crippen molar-refractivity contribution in [3.8, 4) is 11.1 Å². The van der Waals surface area contributed by atoms with Gasteiger partial charge in [0.05, 0.1) is 33.9 Å². The summed E-state index contributed by atoms with van der Waals surface area (Å²) in [6.07, 6.45) is -12.1. The fraction of sp³-hybridized carbons (Fsp3) is 0.324. The molecule has 13 nitrogen and oxygen atoms in total. The Balaban J connectivity index is 1.41. The molecule has 0 aliphatic heterocycles. The van der Waals surface area contributed by atoms with Gasteiger partial charge in [-0.25, -0.2) is 27.0 Å². The zero-order valence-corrected chi connectivity index (χ0v) is 31.1. The molecular formula is C34H25ClF10N8O5S. The first-order chi connectivity index (χ1) is 27.3. The Labute approximate surface area is 329 Å². The molecule has 3 heterocycles. The van der Waals surface area contributed by atoms with E-state index in [0.29, 0.717) is 17.0 Å². The molecule has 0 radical (unpaired) electrons. The van der Waals surface area contributed by atoms with Crippen molar-refractivity contribution in [3.63, 3.8) is 0 Å². The molecule has 4 N–H and O–H groups in total. The lowest BCUT2D eigenvalue weighted by Crippen LogP contribution is -2.35. The smallest absolute Gasteiger partial charge is 0.435 e. The van der Waals surface area contributed by atoms with Gasteiger partial charge in [-0.3, -0.25) is 24.2 Å². The van der Waals surface area contributed by atoms with E-state index in [1.165, 1.54) is 0 Å². The Kier molecular flexibility index (Phi) is 10.0. The number of hydrogen-bond acceptors (Lipinski definition) is 7. The molecule has 314 valence electrons. The molecule has 1 saturated carbocycles. The number of nitrogens with one attached hydrogen (secondary N) is 3. The molecule has 0 bridgehead atoms. The first-order valence-electron chi connectivity index (χ1n) is 16.9. The van der Waals surface area contributed by atoms with Gasteiger partial charge in [0, 0.05) is 28.7 Å². The van der Waals surface area contributed by atoms with Gasteiger partial charge in [0.15, 0.2) is 11.5 Å². The lowest BCUT2D eigenvalue weighted by atomic mass is 9.94. The highest BCUT2D eigenvalue weighted by molar-refractivity contribution is 7.92. The molecule has 2 amide bonds. The highest BCUT2D eigenvalue weighted by atomic mass is 35.5. The Morgan fingerprint density at radius 1 is 1.00 bits per heavy atom. The van der Waals surface area contributed by atoms with Crippen LogP contribution in [-0.4, -0.2) is 62.5 Å².